The summed E-state index contributed by atoms with van der Waals surface area (Å²) in [6, 6.07) is 10.4. The first-order valence-corrected chi connectivity index (χ1v) is 11.5. The number of aldehydes is 1. The number of benzene rings is 2. The van der Waals surface area contributed by atoms with Crippen LogP contribution in [-0.4, -0.2) is 24.2 Å². The van der Waals surface area contributed by atoms with E-state index in [2.05, 4.69) is 17.6 Å². The lowest BCUT2D eigenvalue weighted by molar-refractivity contribution is -0.111. The first kappa shape index (κ1) is 20.7. The van der Waals surface area contributed by atoms with Crippen LogP contribution in [0.3, 0.4) is 0 Å². The van der Waals surface area contributed by atoms with Crippen molar-refractivity contribution < 1.29 is 18.7 Å². The molecule has 0 bridgehead atoms. The van der Waals surface area contributed by atoms with E-state index in [1.807, 2.05) is 12.1 Å². The van der Waals surface area contributed by atoms with E-state index in [0.717, 1.165) is 48.8 Å². The average molecular weight is 426 g/mol. The van der Waals surface area contributed by atoms with Crippen molar-refractivity contribution in [3.63, 3.8) is 0 Å². The highest BCUT2D eigenvalue weighted by Crippen LogP contribution is 2.42. The van der Waals surface area contributed by atoms with E-state index in [-0.39, 0.29) is 17.6 Å². The molecule has 1 atom stereocenters. The number of rotatable bonds is 8. The minimum Gasteiger partial charge on any atom is -0.487 e. The molecule has 0 saturated heterocycles. The Labute approximate surface area is 179 Å². The van der Waals surface area contributed by atoms with Crippen LogP contribution in [-0.2, 0) is 27.4 Å². The number of hydrogen-bond donors (Lipinski definition) is 1. The summed E-state index contributed by atoms with van der Waals surface area (Å²) in [7, 11) is 0. The second-order valence-corrected chi connectivity index (χ2v) is 8.68. The number of carbonyl (C=O) groups excluding carboxylic acids is 2. The zero-order valence-corrected chi connectivity index (χ0v) is 17.7. The molecule has 1 unspecified atom stereocenters. The quantitative estimate of drug-likeness (QED) is 0.474. The number of carbonyl (C=O) groups is 2. The maximum atomic E-state index is 13.7. The maximum Gasteiger partial charge on any atom is 0.260 e. The number of amides is 1. The van der Waals surface area contributed by atoms with E-state index >= 15 is 0 Å². The first-order valence-electron chi connectivity index (χ1n) is 10.2. The van der Waals surface area contributed by atoms with Gasteiger partial charge in [0, 0.05) is 28.3 Å². The molecule has 1 amide bonds. The molecule has 0 radical (unpaired) electrons. The summed E-state index contributed by atoms with van der Waals surface area (Å²) < 4.78 is 19.6. The Kier molecular flexibility index (Phi) is 6.23. The molecule has 0 spiro atoms. The summed E-state index contributed by atoms with van der Waals surface area (Å²) in [5.74, 6) is 0.998. The molecule has 2 heterocycles. The van der Waals surface area contributed by atoms with Crippen LogP contribution in [0.15, 0.2) is 36.4 Å². The van der Waals surface area contributed by atoms with Crippen LogP contribution in [0.5, 0.6) is 0 Å². The fourth-order valence-corrected chi connectivity index (χ4v) is 4.60. The number of thioether (sulfide) groups is 1. The molecule has 6 heteroatoms. The molecule has 1 N–H and O–H groups in total. The minimum atomic E-state index is -0.386. The third kappa shape index (κ3) is 4.15. The second-order valence-electron chi connectivity index (χ2n) is 7.70. The van der Waals surface area contributed by atoms with Gasteiger partial charge in [-0.15, -0.1) is 0 Å². The van der Waals surface area contributed by atoms with Crippen molar-refractivity contribution in [1.82, 2.24) is 0 Å². The van der Waals surface area contributed by atoms with Crippen molar-refractivity contribution in [2.75, 3.05) is 17.3 Å². The average Bonchev–Trinajstić information content (AvgIpc) is 3.29. The van der Waals surface area contributed by atoms with E-state index in [1.54, 1.807) is 17.8 Å². The summed E-state index contributed by atoms with van der Waals surface area (Å²) in [5.41, 5.74) is 4.63. The second kappa shape index (κ2) is 9.04. The van der Waals surface area contributed by atoms with Crippen molar-refractivity contribution in [3.8, 4) is 0 Å². The standard InChI is InChI=1S/C24H24FNO3S/c1-30-10-9-16(13-27)4-2-3-15-5-7-19-17(11-15)14-29-23(19)22-20-12-18(25)6-8-21(20)26-24(22)28/h5-8,11-13,16H,2-4,9-10,14H2,1H3,(H,26,28)/b23-22+. The van der Waals surface area contributed by atoms with Gasteiger partial charge in [-0.05, 0) is 61.5 Å². The van der Waals surface area contributed by atoms with Crippen LogP contribution in [0.2, 0.25) is 0 Å². The van der Waals surface area contributed by atoms with Crippen LogP contribution in [0.25, 0.3) is 11.3 Å². The topological polar surface area (TPSA) is 55.4 Å². The Bertz CT molecular complexity index is 1020. The Morgan fingerprint density at radius 2 is 2.07 bits per heavy atom. The summed E-state index contributed by atoms with van der Waals surface area (Å²) in [6.45, 7) is 0.393. The molecule has 2 aromatic carbocycles. The lowest BCUT2D eigenvalue weighted by Crippen LogP contribution is -2.05. The zero-order chi connectivity index (χ0) is 21.1. The summed E-state index contributed by atoms with van der Waals surface area (Å²) >= 11 is 1.77. The van der Waals surface area contributed by atoms with Gasteiger partial charge in [-0.25, -0.2) is 4.39 Å². The molecular formula is C24H24FNO3S. The van der Waals surface area contributed by atoms with Crippen molar-refractivity contribution in [3.05, 3.63) is 64.5 Å². The van der Waals surface area contributed by atoms with E-state index in [1.165, 1.54) is 17.7 Å². The smallest absolute Gasteiger partial charge is 0.260 e. The van der Waals surface area contributed by atoms with Gasteiger partial charge in [0.25, 0.3) is 5.91 Å². The largest absolute Gasteiger partial charge is 0.487 e. The Morgan fingerprint density at radius 1 is 1.20 bits per heavy atom. The van der Waals surface area contributed by atoms with Gasteiger partial charge in [-0.3, -0.25) is 4.79 Å². The lowest BCUT2D eigenvalue weighted by Gasteiger charge is -2.09. The summed E-state index contributed by atoms with van der Waals surface area (Å²) in [6.07, 6.45) is 6.83. The van der Waals surface area contributed by atoms with Crippen molar-refractivity contribution in [2.24, 2.45) is 5.92 Å². The van der Waals surface area contributed by atoms with Gasteiger partial charge in [-0.2, -0.15) is 11.8 Å². The van der Waals surface area contributed by atoms with Crippen LogP contribution in [0.1, 0.15) is 41.5 Å². The van der Waals surface area contributed by atoms with Crippen LogP contribution >= 0.6 is 11.8 Å². The van der Waals surface area contributed by atoms with Gasteiger partial charge >= 0.3 is 0 Å². The molecule has 4 nitrogen and oxygen atoms in total. The molecule has 0 saturated carbocycles. The Morgan fingerprint density at radius 3 is 2.87 bits per heavy atom. The number of aryl methyl sites for hydroxylation is 1. The van der Waals surface area contributed by atoms with Crippen molar-refractivity contribution in [1.29, 1.82) is 0 Å². The summed E-state index contributed by atoms with van der Waals surface area (Å²) in [4.78, 5) is 23.7. The molecule has 2 aromatic rings. The van der Waals surface area contributed by atoms with Gasteiger partial charge in [0.05, 0.1) is 5.57 Å². The van der Waals surface area contributed by atoms with Crippen LogP contribution < -0.4 is 5.32 Å². The fourth-order valence-electron chi connectivity index (χ4n) is 4.06. The number of ether oxygens (including phenoxy) is 1. The van der Waals surface area contributed by atoms with Gasteiger partial charge in [-0.1, -0.05) is 18.2 Å². The third-order valence-corrected chi connectivity index (χ3v) is 6.31. The van der Waals surface area contributed by atoms with Crippen LogP contribution in [0.4, 0.5) is 10.1 Å². The number of fused-ring (bicyclic) bond motifs is 2. The summed E-state index contributed by atoms with van der Waals surface area (Å²) in [5, 5.41) is 2.78. The molecule has 156 valence electrons. The predicted octanol–water partition coefficient (Wildman–Crippen LogP) is 5.07. The number of nitrogens with one attached hydrogen (secondary N) is 1. The molecule has 4 rings (SSSR count). The van der Waals surface area contributed by atoms with Gasteiger partial charge in [0.15, 0.2) is 0 Å². The van der Waals surface area contributed by atoms with Gasteiger partial charge in [0.2, 0.25) is 0 Å². The highest BCUT2D eigenvalue weighted by atomic mass is 32.2. The van der Waals surface area contributed by atoms with Crippen molar-refractivity contribution in [2.45, 2.75) is 32.3 Å². The molecule has 0 fully saturated rings. The minimum absolute atomic E-state index is 0.132. The Hall–Kier alpha value is -2.60. The van der Waals surface area contributed by atoms with Crippen LogP contribution in [0, 0.1) is 11.7 Å². The van der Waals surface area contributed by atoms with E-state index in [0.29, 0.717) is 29.2 Å². The predicted molar refractivity (Wildman–Crippen MR) is 119 cm³/mol. The molecular weight excluding hydrogens is 401 g/mol. The van der Waals surface area contributed by atoms with Gasteiger partial charge in [0.1, 0.15) is 24.5 Å². The van der Waals surface area contributed by atoms with E-state index in [4.69, 9.17) is 4.74 Å². The monoisotopic (exact) mass is 425 g/mol. The Balaban J connectivity index is 1.51. The first-order chi connectivity index (χ1) is 14.6. The molecule has 30 heavy (non-hydrogen) atoms. The van der Waals surface area contributed by atoms with Crippen molar-refractivity contribution >= 4 is 41.0 Å². The van der Waals surface area contributed by atoms with E-state index in [9.17, 15) is 14.0 Å². The highest BCUT2D eigenvalue weighted by Gasteiger charge is 2.32. The molecule has 0 aliphatic carbocycles. The highest BCUT2D eigenvalue weighted by molar-refractivity contribution is 7.98. The number of halogens is 1. The fraction of sp³-hybridized carbons (Fsp3) is 0.333. The van der Waals surface area contributed by atoms with E-state index < -0.39 is 0 Å². The SMILES string of the molecule is CSCCC(C=O)CCCc1ccc2c(c1)CO/C2=C1/C(=O)Nc2ccc(F)cc21. The number of hydrogen-bond acceptors (Lipinski definition) is 4. The normalized spacial score (nSPS) is 17.9. The van der Waals surface area contributed by atoms with Gasteiger partial charge < -0.3 is 14.8 Å². The molecule has 2 aliphatic heterocycles. The molecule has 0 aromatic heterocycles. The third-order valence-electron chi connectivity index (χ3n) is 5.67. The zero-order valence-electron chi connectivity index (χ0n) is 16.9. The number of anilines is 1. The maximum absolute atomic E-state index is 13.7. The lowest BCUT2D eigenvalue weighted by atomic mass is 9.95. The molecule has 2 aliphatic rings.